The first kappa shape index (κ1) is 26.6. The fraction of sp³-hybridized carbons (Fsp3) is 0.526. The van der Waals surface area contributed by atoms with Gasteiger partial charge in [-0.3, -0.25) is 18.7 Å². The van der Waals surface area contributed by atoms with Crippen molar-refractivity contribution in [1.29, 1.82) is 0 Å². The van der Waals surface area contributed by atoms with Gasteiger partial charge in [-0.25, -0.2) is 18.5 Å². The second kappa shape index (κ2) is 9.93. The number of thiophene rings is 1. The number of carbonyl (C=O) groups excluding carboxylic acids is 2. The second-order valence-corrected chi connectivity index (χ2v) is 13.8. The fourth-order valence-corrected chi connectivity index (χ4v) is 8.33. The van der Waals surface area contributed by atoms with Crippen LogP contribution in [0.4, 0.5) is 0 Å². The molecule has 190 valence electrons. The highest BCUT2D eigenvalue weighted by molar-refractivity contribution is 8.26. The van der Waals surface area contributed by atoms with E-state index < -0.39 is 55.8 Å². The first-order chi connectivity index (χ1) is 15.8. The third-order valence-corrected chi connectivity index (χ3v) is 11.2. The Morgan fingerprint density at radius 2 is 2.12 bits per heavy atom. The summed E-state index contributed by atoms with van der Waals surface area (Å²) in [5, 5.41) is 7.34. The predicted molar refractivity (Wildman–Crippen MR) is 129 cm³/mol. The molecule has 0 fully saturated rings. The topological polar surface area (TPSA) is 205 Å². The minimum atomic E-state index is -4.09. The molecule has 0 saturated heterocycles. The smallest absolute Gasteiger partial charge is 0.247 e. The van der Waals surface area contributed by atoms with Gasteiger partial charge in [0, 0.05) is 30.4 Å². The molecule has 0 aromatic carbocycles. The number of fused-ring (bicyclic) bond motifs is 1. The molecule has 1 aliphatic heterocycles. The van der Waals surface area contributed by atoms with Gasteiger partial charge in [-0.05, 0) is 33.3 Å². The van der Waals surface area contributed by atoms with Gasteiger partial charge in [0.25, 0.3) is 0 Å². The van der Waals surface area contributed by atoms with Crippen molar-refractivity contribution < 1.29 is 27.1 Å². The second-order valence-electron chi connectivity index (χ2n) is 8.26. The van der Waals surface area contributed by atoms with Gasteiger partial charge in [-0.1, -0.05) is 0 Å². The minimum absolute atomic E-state index is 0.108. The summed E-state index contributed by atoms with van der Waals surface area (Å²) in [6.45, 7) is 5.12. The molecule has 2 aromatic rings. The van der Waals surface area contributed by atoms with Crippen molar-refractivity contribution in [2.24, 2.45) is 10.9 Å². The quantitative estimate of drug-likeness (QED) is 0.287. The molecule has 34 heavy (non-hydrogen) atoms. The molecule has 2 aromatic heterocycles. The number of aromatic amines is 1. The van der Waals surface area contributed by atoms with Crippen LogP contribution in [0.2, 0.25) is 0 Å². The highest BCUT2D eigenvalue weighted by Crippen LogP contribution is 2.64. The van der Waals surface area contributed by atoms with E-state index in [-0.39, 0.29) is 27.8 Å². The largest absolute Gasteiger partial charge is 0.348 e. The van der Waals surface area contributed by atoms with E-state index in [1.807, 2.05) is 0 Å². The Morgan fingerprint density at radius 3 is 2.65 bits per heavy atom. The maximum atomic E-state index is 13.7. The van der Waals surface area contributed by atoms with E-state index >= 15 is 0 Å². The Balaban J connectivity index is 2.02. The molecule has 3 rings (SSSR count). The standard InChI is InChI=1S/C19H30N6O6S3/c1-4-25(18(27)14(24-17(26)11(3)20)6-12-8-22-9-23-12)15-5-10(2)33(28,29)19-13(15)7-16(32-19)34(21,30)31/h7-11,14-15,28-29H,4-6,20H2,1-3H3,(H,22,23)(H,24,26)(H2,21,30,31)/t10-,11?,14?,15-/m0/s1. The maximum Gasteiger partial charge on any atom is 0.247 e. The Labute approximate surface area is 203 Å². The fourth-order valence-electron chi connectivity index (χ4n) is 3.88. The predicted octanol–water partition coefficient (Wildman–Crippen LogP) is 0.985. The lowest BCUT2D eigenvalue weighted by molar-refractivity contribution is -0.138. The van der Waals surface area contributed by atoms with Crippen LogP contribution in [0.25, 0.3) is 0 Å². The van der Waals surface area contributed by atoms with Gasteiger partial charge in [-0.2, -0.15) is 10.6 Å². The number of likely N-dealkylation sites (N-methyl/N-ethyl adjacent to an activating group) is 1. The molecule has 4 atom stereocenters. The van der Waals surface area contributed by atoms with Gasteiger partial charge >= 0.3 is 0 Å². The van der Waals surface area contributed by atoms with Gasteiger partial charge in [0.1, 0.15) is 14.5 Å². The number of primary sulfonamides is 1. The summed E-state index contributed by atoms with van der Waals surface area (Å²) in [6, 6.07) is -1.15. The van der Waals surface area contributed by atoms with Crippen molar-refractivity contribution >= 4 is 43.8 Å². The van der Waals surface area contributed by atoms with Crippen LogP contribution in [-0.4, -0.2) is 68.1 Å². The Bertz CT molecular complexity index is 1150. The molecule has 1 aliphatic rings. The van der Waals surface area contributed by atoms with Crippen molar-refractivity contribution in [2.75, 3.05) is 6.54 Å². The van der Waals surface area contributed by atoms with E-state index in [1.54, 1.807) is 20.0 Å². The van der Waals surface area contributed by atoms with Crippen LogP contribution in [0.3, 0.4) is 0 Å². The van der Waals surface area contributed by atoms with Crippen molar-refractivity contribution in [3.05, 3.63) is 29.8 Å². The number of H-pyrrole nitrogens is 1. The third kappa shape index (κ3) is 5.30. The molecule has 0 saturated carbocycles. The van der Waals surface area contributed by atoms with Crippen LogP contribution < -0.4 is 16.2 Å². The molecule has 2 amide bonds. The number of imidazole rings is 1. The number of nitrogens with two attached hydrogens (primary N) is 2. The normalized spacial score (nSPS) is 22.3. The van der Waals surface area contributed by atoms with Gasteiger partial charge in [-0.15, -0.1) is 11.3 Å². The van der Waals surface area contributed by atoms with Gasteiger partial charge < -0.3 is 20.9 Å². The Hall–Kier alpha value is -2.01. The molecule has 0 radical (unpaired) electrons. The lowest BCUT2D eigenvalue weighted by Crippen LogP contribution is -2.54. The SMILES string of the molecule is CCN(C(=O)C(Cc1cnc[nH]1)NC(=O)C(C)N)[C@H]1C[C@H](C)S(O)(O)c2sc(S(N)(=O)=O)cc21. The minimum Gasteiger partial charge on any atom is -0.348 e. The van der Waals surface area contributed by atoms with Crippen molar-refractivity contribution in [3.63, 3.8) is 0 Å². The number of nitrogens with zero attached hydrogens (tertiary/aromatic N) is 2. The molecule has 0 aliphatic carbocycles. The molecule has 15 heteroatoms. The number of nitrogens with one attached hydrogen (secondary N) is 2. The zero-order valence-electron chi connectivity index (χ0n) is 19.0. The van der Waals surface area contributed by atoms with Crippen LogP contribution in [-0.2, 0) is 26.0 Å². The van der Waals surface area contributed by atoms with E-state index in [0.717, 1.165) is 0 Å². The van der Waals surface area contributed by atoms with Gasteiger partial charge in [0.15, 0.2) is 0 Å². The van der Waals surface area contributed by atoms with Crippen LogP contribution in [0.1, 0.15) is 44.5 Å². The van der Waals surface area contributed by atoms with Crippen molar-refractivity contribution in [2.45, 2.75) is 65.4 Å². The molecule has 3 heterocycles. The summed E-state index contributed by atoms with van der Waals surface area (Å²) < 4.78 is 45.4. The highest BCUT2D eigenvalue weighted by Gasteiger charge is 2.43. The summed E-state index contributed by atoms with van der Waals surface area (Å²) in [7, 11) is -7.38. The number of carbonyl (C=O) groups is 2. The first-order valence-corrected chi connectivity index (χ1v) is 14.5. The highest BCUT2D eigenvalue weighted by atomic mass is 32.3. The number of hydrogen-bond donors (Lipinski definition) is 6. The summed E-state index contributed by atoms with van der Waals surface area (Å²) >= 11 is 0.710. The van der Waals surface area contributed by atoms with Crippen LogP contribution in [0.5, 0.6) is 0 Å². The lowest BCUT2D eigenvalue weighted by Gasteiger charge is -2.47. The molecule has 0 bridgehead atoms. The van der Waals surface area contributed by atoms with Crippen molar-refractivity contribution in [1.82, 2.24) is 20.2 Å². The van der Waals surface area contributed by atoms with Crippen LogP contribution in [0.15, 0.2) is 27.0 Å². The zero-order chi connectivity index (χ0) is 25.4. The molecule has 8 N–H and O–H groups in total. The average Bonchev–Trinajstić information content (AvgIpc) is 3.42. The monoisotopic (exact) mass is 534 g/mol. The lowest BCUT2D eigenvalue weighted by atomic mass is 10.0. The molecule has 12 nitrogen and oxygen atoms in total. The molecule has 2 unspecified atom stereocenters. The maximum absolute atomic E-state index is 13.7. The van der Waals surface area contributed by atoms with E-state index in [9.17, 15) is 27.1 Å². The Morgan fingerprint density at radius 1 is 1.44 bits per heavy atom. The van der Waals surface area contributed by atoms with E-state index in [1.165, 1.54) is 24.2 Å². The number of amides is 2. The van der Waals surface area contributed by atoms with E-state index in [0.29, 0.717) is 22.6 Å². The van der Waals surface area contributed by atoms with Crippen LogP contribution in [0, 0.1) is 0 Å². The first-order valence-electron chi connectivity index (χ1n) is 10.5. The zero-order valence-corrected chi connectivity index (χ0v) is 21.4. The van der Waals surface area contributed by atoms with E-state index in [2.05, 4.69) is 15.3 Å². The average molecular weight is 535 g/mol. The summed E-state index contributed by atoms with van der Waals surface area (Å²) in [6.07, 6.45) is 3.32. The number of aromatic nitrogens is 2. The van der Waals surface area contributed by atoms with Gasteiger partial charge in [0.2, 0.25) is 21.8 Å². The Kier molecular flexibility index (Phi) is 7.76. The summed E-state index contributed by atoms with van der Waals surface area (Å²) in [4.78, 5) is 34.4. The summed E-state index contributed by atoms with van der Waals surface area (Å²) in [5.41, 5.74) is 6.64. The molecule has 0 spiro atoms. The number of hydrogen-bond acceptors (Lipinski definition) is 9. The van der Waals surface area contributed by atoms with Crippen LogP contribution >= 0.6 is 21.9 Å². The van der Waals surface area contributed by atoms with Gasteiger partial charge in [0.05, 0.1) is 23.7 Å². The third-order valence-electron chi connectivity index (χ3n) is 5.74. The number of rotatable bonds is 8. The molecular weight excluding hydrogens is 504 g/mol. The summed E-state index contributed by atoms with van der Waals surface area (Å²) in [5.74, 6) is -0.927. The molecular formula is C19H30N6O6S3. The van der Waals surface area contributed by atoms with E-state index in [4.69, 9.17) is 10.9 Å². The van der Waals surface area contributed by atoms with Crippen molar-refractivity contribution in [3.8, 4) is 0 Å². The number of sulfonamides is 1.